The molecule has 16 heavy (non-hydrogen) atoms. The predicted molar refractivity (Wildman–Crippen MR) is 58.3 cm³/mol. The van der Waals surface area contributed by atoms with Gasteiger partial charge < -0.3 is 4.98 Å². The predicted octanol–water partition coefficient (Wildman–Crippen LogP) is 1.97. The van der Waals surface area contributed by atoms with Crippen LogP contribution in [0.1, 0.15) is 0 Å². The lowest BCUT2D eigenvalue weighted by molar-refractivity contribution is 0.635. The molecule has 6 heteroatoms. The zero-order valence-electron chi connectivity index (χ0n) is 7.87. The third-order valence-corrected chi connectivity index (χ3v) is 2.67. The monoisotopic (exact) mass is 237 g/mol. The number of nitrogens with one attached hydrogen (secondary N) is 1. The van der Waals surface area contributed by atoms with E-state index in [0.29, 0.717) is 5.52 Å². The summed E-state index contributed by atoms with van der Waals surface area (Å²) in [5.41, 5.74) is 0.362. The van der Waals surface area contributed by atoms with Crippen LogP contribution in [0.4, 0.5) is 4.39 Å². The maximum Gasteiger partial charge on any atom is 0.276 e. The van der Waals surface area contributed by atoms with Gasteiger partial charge in [0.1, 0.15) is 11.3 Å². The third kappa shape index (κ3) is 1.09. The summed E-state index contributed by atoms with van der Waals surface area (Å²) < 4.78 is 14.8. The van der Waals surface area contributed by atoms with E-state index in [4.69, 9.17) is 11.6 Å². The molecular weight excluding hydrogens is 233 g/mol. The van der Waals surface area contributed by atoms with E-state index in [2.05, 4.69) is 10.1 Å². The molecule has 0 saturated heterocycles. The van der Waals surface area contributed by atoms with Crippen LogP contribution < -0.4 is 5.56 Å². The van der Waals surface area contributed by atoms with E-state index in [9.17, 15) is 9.18 Å². The molecule has 80 valence electrons. The van der Waals surface area contributed by atoms with Crippen molar-refractivity contribution in [1.29, 1.82) is 0 Å². The van der Waals surface area contributed by atoms with E-state index in [1.165, 1.54) is 16.8 Å². The molecule has 0 saturated carbocycles. The van der Waals surface area contributed by atoms with Gasteiger partial charge in [-0.2, -0.15) is 5.10 Å². The Labute approximate surface area is 93.3 Å². The van der Waals surface area contributed by atoms with Crippen molar-refractivity contribution in [3.8, 4) is 0 Å². The summed E-state index contributed by atoms with van der Waals surface area (Å²) in [5, 5.41) is 4.19. The fraction of sp³-hybridized carbons (Fsp3) is 0. The zero-order chi connectivity index (χ0) is 11.3. The number of hydrogen-bond donors (Lipinski definition) is 1. The number of H-pyrrole nitrogens is 1. The minimum Gasteiger partial charge on any atom is -0.316 e. The highest BCUT2D eigenvalue weighted by Gasteiger charge is 2.11. The average molecular weight is 238 g/mol. The molecule has 4 nitrogen and oxygen atoms in total. The van der Waals surface area contributed by atoms with Gasteiger partial charge in [0.2, 0.25) is 0 Å². The quantitative estimate of drug-likeness (QED) is 0.650. The molecule has 0 aliphatic heterocycles. The molecule has 2 heterocycles. The largest absolute Gasteiger partial charge is 0.316 e. The lowest BCUT2D eigenvalue weighted by Crippen LogP contribution is -2.11. The van der Waals surface area contributed by atoms with Crippen LogP contribution in [0.2, 0.25) is 5.02 Å². The normalized spacial score (nSPS) is 11.4. The molecule has 3 aromatic rings. The van der Waals surface area contributed by atoms with Gasteiger partial charge in [0, 0.05) is 0 Å². The molecule has 1 N–H and O–H groups in total. The van der Waals surface area contributed by atoms with Crippen molar-refractivity contribution < 1.29 is 4.39 Å². The van der Waals surface area contributed by atoms with Crippen molar-refractivity contribution in [3.05, 3.63) is 45.6 Å². The van der Waals surface area contributed by atoms with Gasteiger partial charge in [-0.25, -0.2) is 8.91 Å². The first-order valence-corrected chi connectivity index (χ1v) is 4.90. The number of aromatic nitrogens is 3. The maximum absolute atomic E-state index is 13.5. The SMILES string of the molecule is O=c1[nH]c2c(F)cccc2n2ncc(Cl)c12. The molecule has 0 unspecified atom stereocenters. The average Bonchev–Trinajstić information content (AvgIpc) is 2.64. The van der Waals surface area contributed by atoms with Crippen LogP contribution in [0.15, 0.2) is 29.2 Å². The minimum absolute atomic E-state index is 0.125. The van der Waals surface area contributed by atoms with E-state index in [0.717, 1.165) is 0 Å². The fourth-order valence-corrected chi connectivity index (χ4v) is 1.91. The maximum atomic E-state index is 13.5. The summed E-state index contributed by atoms with van der Waals surface area (Å²) >= 11 is 5.82. The number of fused-ring (bicyclic) bond motifs is 3. The smallest absolute Gasteiger partial charge is 0.276 e. The summed E-state index contributed by atoms with van der Waals surface area (Å²) in [7, 11) is 0. The highest BCUT2D eigenvalue weighted by atomic mass is 35.5. The van der Waals surface area contributed by atoms with Gasteiger partial charge >= 0.3 is 0 Å². The Morgan fingerprint density at radius 1 is 1.44 bits per heavy atom. The van der Waals surface area contributed by atoms with Crippen LogP contribution in [0.3, 0.4) is 0 Å². The van der Waals surface area contributed by atoms with Gasteiger partial charge in [0.05, 0.1) is 16.7 Å². The van der Waals surface area contributed by atoms with E-state index in [-0.39, 0.29) is 16.1 Å². The van der Waals surface area contributed by atoms with E-state index < -0.39 is 11.4 Å². The Bertz CT molecular complexity index is 762. The second-order valence-corrected chi connectivity index (χ2v) is 3.75. The number of nitrogens with zero attached hydrogens (tertiary/aromatic N) is 2. The van der Waals surface area contributed by atoms with Crippen LogP contribution in [0, 0.1) is 5.82 Å². The van der Waals surface area contributed by atoms with E-state index in [1.54, 1.807) is 12.1 Å². The first kappa shape index (κ1) is 9.35. The summed E-state index contributed by atoms with van der Waals surface area (Å²) in [5.74, 6) is -0.497. The molecule has 0 atom stereocenters. The highest BCUT2D eigenvalue weighted by Crippen LogP contribution is 2.18. The first-order valence-electron chi connectivity index (χ1n) is 4.52. The van der Waals surface area contributed by atoms with Gasteiger partial charge in [-0.05, 0) is 12.1 Å². The Balaban J connectivity index is 2.71. The second kappa shape index (κ2) is 3.05. The Morgan fingerprint density at radius 2 is 2.25 bits per heavy atom. The summed E-state index contributed by atoms with van der Waals surface area (Å²) in [6.07, 6.45) is 1.36. The number of benzene rings is 1. The summed E-state index contributed by atoms with van der Waals surface area (Å²) in [6, 6.07) is 4.48. The molecule has 0 fully saturated rings. The van der Waals surface area contributed by atoms with Crippen LogP contribution in [-0.2, 0) is 0 Å². The van der Waals surface area contributed by atoms with Crippen LogP contribution >= 0.6 is 11.6 Å². The van der Waals surface area contributed by atoms with Crippen molar-refractivity contribution in [2.75, 3.05) is 0 Å². The molecule has 3 rings (SSSR count). The van der Waals surface area contributed by atoms with Crippen molar-refractivity contribution in [3.63, 3.8) is 0 Å². The van der Waals surface area contributed by atoms with Crippen molar-refractivity contribution in [1.82, 2.24) is 14.6 Å². The molecule has 0 spiro atoms. The lowest BCUT2D eigenvalue weighted by atomic mass is 10.3. The Kier molecular flexibility index (Phi) is 1.79. The molecule has 0 bridgehead atoms. The van der Waals surface area contributed by atoms with Gasteiger partial charge in [0.25, 0.3) is 5.56 Å². The van der Waals surface area contributed by atoms with Crippen molar-refractivity contribution in [2.24, 2.45) is 0 Å². The van der Waals surface area contributed by atoms with Crippen molar-refractivity contribution >= 4 is 28.2 Å². The zero-order valence-corrected chi connectivity index (χ0v) is 8.62. The number of rotatable bonds is 0. The molecular formula is C10H5ClFN3O. The number of hydrogen-bond acceptors (Lipinski definition) is 2. The molecule has 0 aliphatic rings. The Morgan fingerprint density at radius 3 is 3.06 bits per heavy atom. The standard InChI is InChI=1S/C10H5ClFN3O/c11-5-4-13-15-7-3-1-2-6(12)8(7)14-10(16)9(5)15/h1-4H,(H,14,16). The first-order chi connectivity index (χ1) is 7.68. The van der Waals surface area contributed by atoms with Crippen LogP contribution in [0.25, 0.3) is 16.6 Å². The summed E-state index contributed by atoms with van der Waals surface area (Å²) in [4.78, 5) is 14.1. The summed E-state index contributed by atoms with van der Waals surface area (Å²) in [6.45, 7) is 0. The minimum atomic E-state index is -0.497. The van der Waals surface area contributed by atoms with Crippen LogP contribution in [-0.4, -0.2) is 14.6 Å². The van der Waals surface area contributed by atoms with Gasteiger partial charge in [-0.15, -0.1) is 0 Å². The molecule has 1 aromatic carbocycles. The number of halogens is 2. The van der Waals surface area contributed by atoms with Gasteiger partial charge in [-0.1, -0.05) is 17.7 Å². The second-order valence-electron chi connectivity index (χ2n) is 3.34. The van der Waals surface area contributed by atoms with E-state index in [1.807, 2.05) is 0 Å². The van der Waals surface area contributed by atoms with Crippen molar-refractivity contribution in [2.45, 2.75) is 0 Å². The van der Waals surface area contributed by atoms with Gasteiger partial charge in [-0.3, -0.25) is 4.79 Å². The topological polar surface area (TPSA) is 50.2 Å². The van der Waals surface area contributed by atoms with Crippen LogP contribution in [0.5, 0.6) is 0 Å². The molecule has 0 radical (unpaired) electrons. The number of aromatic amines is 1. The molecule has 0 amide bonds. The van der Waals surface area contributed by atoms with Gasteiger partial charge in [0.15, 0.2) is 5.52 Å². The molecule has 2 aromatic heterocycles. The third-order valence-electron chi connectivity index (χ3n) is 2.40. The molecule has 0 aliphatic carbocycles. The fourth-order valence-electron chi connectivity index (χ4n) is 1.70. The number of para-hydroxylation sites is 1. The van der Waals surface area contributed by atoms with E-state index >= 15 is 0 Å². The lowest BCUT2D eigenvalue weighted by Gasteiger charge is -2.01. The highest BCUT2D eigenvalue weighted by molar-refractivity contribution is 6.33. The Hall–Kier alpha value is -1.88.